The van der Waals surface area contributed by atoms with Crippen molar-refractivity contribution in [3.05, 3.63) is 82.8 Å². The van der Waals surface area contributed by atoms with Crippen LogP contribution in [0, 0.1) is 17.5 Å². The second kappa shape index (κ2) is 8.01. The molecule has 0 fully saturated rings. The number of primary amides is 1. The number of nitrogens with zero attached hydrogens (tertiary/aromatic N) is 1. The summed E-state index contributed by atoms with van der Waals surface area (Å²) in [6.07, 6.45) is 1.18. The average molecular weight is 401 g/mol. The number of carboxylic acids is 1. The van der Waals surface area contributed by atoms with Crippen molar-refractivity contribution in [1.29, 1.82) is 0 Å². The zero-order valence-electron chi connectivity index (χ0n) is 14.7. The van der Waals surface area contributed by atoms with E-state index in [1.165, 1.54) is 36.5 Å². The van der Waals surface area contributed by atoms with Crippen LogP contribution in [0.1, 0.15) is 26.3 Å². The van der Waals surface area contributed by atoms with Gasteiger partial charge in [-0.25, -0.2) is 18.0 Å². The van der Waals surface area contributed by atoms with Gasteiger partial charge in [-0.1, -0.05) is 12.1 Å². The van der Waals surface area contributed by atoms with Crippen molar-refractivity contribution in [2.24, 2.45) is 5.73 Å². The highest BCUT2D eigenvalue weighted by molar-refractivity contribution is 5.98. The number of pyridine rings is 1. The molecule has 2 aromatic carbocycles. The van der Waals surface area contributed by atoms with Crippen LogP contribution in [0.5, 0.6) is 0 Å². The van der Waals surface area contributed by atoms with E-state index in [0.717, 1.165) is 6.07 Å². The number of aromatic nitrogens is 1. The van der Waals surface area contributed by atoms with Crippen molar-refractivity contribution in [2.75, 3.05) is 5.32 Å². The fourth-order valence-electron chi connectivity index (χ4n) is 2.65. The number of hydrogen-bond acceptors (Lipinski definition) is 4. The van der Waals surface area contributed by atoms with Gasteiger partial charge in [0.05, 0.1) is 22.5 Å². The average Bonchev–Trinajstić information content (AvgIpc) is 2.70. The molecule has 0 spiro atoms. The first-order valence-electron chi connectivity index (χ1n) is 8.27. The zero-order chi connectivity index (χ0) is 21.1. The van der Waals surface area contributed by atoms with Gasteiger partial charge in [-0.3, -0.25) is 9.78 Å². The number of anilines is 1. The van der Waals surface area contributed by atoms with Crippen molar-refractivity contribution in [2.45, 2.75) is 6.54 Å². The Morgan fingerprint density at radius 1 is 1.03 bits per heavy atom. The van der Waals surface area contributed by atoms with Gasteiger partial charge >= 0.3 is 5.97 Å². The van der Waals surface area contributed by atoms with Crippen LogP contribution >= 0.6 is 0 Å². The van der Waals surface area contributed by atoms with E-state index in [1.54, 1.807) is 0 Å². The van der Waals surface area contributed by atoms with Crippen LogP contribution in [0.15, 0.2) is 48.7 Å². The number of hydrogen-bond donors (Lipinski definition) is 3. The van der Waals surface area contributed by atoms with Crippen molar-refractivity contribution in [3.63, 3.8) is 0 Å². The van der Waals surface area contributed by atoms with Gasteiger partial charge in [0.25, 0.3) is 5.91 Å². The topological polar surface area (TPSA) is 105 Å². The number of rotatable bonds is 6. The molecule has 1 amide bonds. The van der Waals surface area contributed by atoms with Crippen LogP contribution in [0.25, 0.3) is 11.3 Å². The number of benzene rings is 2. The van der Waals surface area contributed by atoms with Gasteiger partial charge in [-0.15, -0.1) is 0 Å². The van der Waals surface area contributed by atoms with Crippen molar-refractivity contribution >= 4 is 17.6 Å². The summed E-state index contributed by atoms with van der Waals surface area (Å²) in [5.74, 6) is -5.40. The first-order valence-corrected chi connectivity index (χ1v) is 8.27. The van der Waals surface area contributed by atoms with E-state index in [9.17, 15) is 22.8 Å². The lowest BCUT2D eigenvalue weighted by atomic mass is 10.1. The van der Waals surface area contributed by atoms with Crippen molar-refractivity contribution < 1.29 is 27.9 Å². The first-order chi connectivity index (χ1) is 13.8. The molecule has 0 radical (unpaired) electrons. The molecule has 1 heterocycles. The SMILES string of the molecule is NC(=O)c1cnc(-c2ccc(C(=O)O)cc2)cc1NCc1c(F)ccc(F)c1F. The molecule has 0 aliphatic rings. The minimum absolute atomic E-state index is 0.0341. The monoisotopic (exact) mass is 401 g/mol. The Morgan fingerprint density at radius 3 is 2.31 bits per heavy atom. The Labute approximate surface area is 162 Å². The van der Waals surface area contributed by atoms with Gasteiger partial charge in [-0.2, -0.15) is 0 Å². The summed E-state index contributed by atoms with van der Waals surface area (Å²) in [6, 6.07) is 8.69. The van der Waals surface area contributed by atoms with Gasteiger partial charge in [-0.05, 0) is 30.3 Å². The summed E-state index contributed by atoms with van der Waals surface area (Å²) < 4.78 is 41.1. The Balaban J connectivity index is 1.95. The number of carbonyl (C=O) groups excluding carboxylic acids is 1. The molecule has 6 nitrogen and oxygen atoms in total. The molecular weight excluding hydrogens is 387 g/mol. The van der Waals surface area contributed by atoms with Gasteiger partial charge in [0.15, 0.2) is 11.6 Å². The number of amides is 1. The molecule has 0 aliphatic carbocycles. The standard InChI is InChI=1S/C20H14F3N3O3/c21-14-5-6-15(22)18(23)12(14)8-26-17-7-16(25-9-13(17)19(24)27)10-1-3-11(4-2-10)20(28)29/h1-7,9H,8H2,(H2,24,27)(H,25,26)(H,28,29). The van der Waals surface area contributed by atoms with Crippen molar-refractivity contribution in [3.8, 4) is 11.3 Å². The Hall–Kier alpha value is -3.88. The van der Waals surface area contributed by atoms with E-state index in [4.69, 9.17) is 10.8 Å². The normalized spacial score (nSPS) is 10.6. The van der Waals surface area contributed by atoms with Gasteiger partial charge < -0.3 is 16.2 Å². The molecule has 9 heteroatoms. The van der Waals surface area contributed by atoms with Crippen LogP contribution < -0.4 is 11.1 Å². The molecular formula is C20H14F3N3O3. The van der Waals surface area contributed by atoms with Crippen LogP contribution in [-0.2, 0) is 6.54 Å². The fraction of sp³-hybridized carbons (Fsp3) is 0.0500. The number of aromatic carboxylic acids is 1. The molecule has 0 saturated carbocycles. The van der Waals surface area contributed by atoms with E-state index in [1.807, 2.05) is 0 Å². The molecule has 0 atom stereocenters. The minimum atomic E-state index is -1.34. The Bertz CT molecular complexity index is 1100. The highest BCUT2D eigenvalue weighted by Crippen LogP contribution is 2.25. The van der Waals surface area contributed by atoms with Gasteiger partial charge in [0.1, 0.15) is 5.82 Å². The number of nitrogens with one attached hydrogen (secondary N) is 1. The van der Waals surface area contributed by atoms with Crippen LogP contribution in [0.4, 0.5) is 18.9 Å². The highest BCUT2D eigenvalue weighted by Gasteiger charge is 2.16. The lowest BCUT2D eigenvalue weighted by Gasteiger charge is -2.13. The Morgan fingerprint density at radius 2 is 1.69 bits per heavy atom. The Kier molecular flexibility index (Phi) is 5.49. The molecule has 0 bridgehead atoms. The summed E-state index contributed by atoms with van der Waals surface area (Å²) in [5, 5.41) is 11.6. The third kappa shape index (κ3) is 4.18. The number of nitrogens with two attached hydrogens (primary N) is 1. The molecule has 29 heavy (non-hydrogen) atoms. The molecule has 0 unspecified atom stereocenters. The minimum Gasteiger partial charge on any atom is -0.478 e. The quantitative estimate of drug-likeness (QED) is 0.548. The maximum absolute atomic E-state index is 13.9. The lowest BCUT2D eigenvalue weighted by molar-refractivity contribution is 0.0696. The largest absolute Gasteiger partial charge is 0.478 e. The molecule has 0 aliphatic heterocycles. The molecule has 3 aromatic rings. The molecule has 0 saturated heterocycles. The number of halogens is 3. The maximum atomic E-state index is 13.9. The molecule has 4 N–H and O–H groups in total. The smallest absolute Gasteiger partial charge is 0.335 e. The lowest BCUT2D eigenvalue weighted by Crippen LogP contribution is -2.16. The van der Waals surface area contributed by atoms with E-state index in [0.29, 0.717) is 17.3 Å². The van der Waals surface area contributed by atoms with E-state index >= 15 is 0 Å². The van der Waals surface area contributed by atoms with Crippen LogP contribution in [0.3, 0.4) is 0 Å². The molecule has 148 valence electrons. The van der Waals surface area contributed by atoms with Gasteiger partial charge in [0.2, 0.25) is 0 Å². The van der Waals surface area contributed by atoms with Gasteiger partial charge in [0, 0.05) is 23.9 Å². The third-order valence-corrected chi connectivity index (χ3v) is 4.19. The van der Waals surface area contributed by atoms with Crippen LogP contribution in [-0.4, -0.2) is 22.0 Å². The number of carbonyl (C=O) groups is 2. The first kappa shape index (κ1) is 19.9. The predicted octanol–water partition coefficient (Wildman–Crippen LogP) is 3.58. The second-order valence-electron chi connectivity index (χ2n) is 6.04. The summed E-state index contributed by atoms with van der Waals surface area (Å²) in [6.45, 7) is -0.447. The highest BCUT2D eigenvalue weighted by atomic mass is 19.2. The van der Waals surface area contributed by atoms with E-state index in [-0.39, 0.29) is 16.8 Å². The summed E-state index contributed by atoms with van der Waals surface area (Å²) in [4.78, 5) is 26.7. The summed E-state index contributed by atoms with van der Waals surface area (Å²) in [5.41, 5.74) is 5.85. The molecule has 3 rings (SSSR count). The van der Waals surface area contributed by atoms with Crippen LogP contribution in [0.2, 0.25) is 0 Å². The zero-order valence-corrected chi connectivity index (χ0v) is 14.7. The van der Waals surface area contributed by atoms with E-state index in [2.05, 4.69) is 10.3 Å². The summed E-state index contributed by atoms with van der Waals surface area (Å²) in [7, 11) is 0. The molecule has 1 aromatic heterocycles. The third-order valence-electron chi connectivity index (χ3n) is 4.19. The van der Waals surface area contributed by atoms with E-state index < -0.39 is 41.4 Å². The maximum Gasteiger partial charge on any atom is 0.335 e. The predicted molar refractivity (Wildman–Crippen MR) is 98.8 cm³/mol. The second-order valence-corrected chi connectivity index (χ2v) is 6.04. The number of carboxylic acid groups (broad SMARTS) is 1. The summed E-state index contributed by atoms with van der Waals surface area (Å²) >= 11 is 0. The van der Waals surface area contributed by atoms with Crippen molar-refractivity contribution in [1.82, 2.24) is 4.98 Å². The fourth-order valence-corrected chi connectivity index (χ4v) is 2.65.